The second-order valence-corrected chi connectivity index (χ2v) is 9.47. The van der Waals surface area contributed by atoms with Gasteiger partial charge in [0.2, 0.25) is 0 Å². The number of barbiturate groups is 1. The second kappa shape index (κ2) is 11.7. The van der Waals surface area contributed by atoms with Crippen LogP contribution in [-0.4, -0.2) is 17.8 Å². The molecular weight excluding hydrogens is 504 g/mol. The minimum absolute atomic E-state index is 0.175. The smallest absolute Gasteiger partial charge is 0.335 e. The molecule has 0 aromatic heterocycles. The van der Waals surface area contributed by atoms with Crippen LogP contribution in [0.2, 0.25) is 0 Å². The van der Waals surface area contributed by atoms with Crippen molar-refractivity contribution in [3.05, 3.63) is 130 Å². The first-order valence-corrected chi connectivity index (χ1v) is 12.9. The monoisotopic (exact) mass is 532 g/mol. The largest absolute Gasteiger partial charge is 0.489 e. The summed E-state index contributed by atoms with van der Waals surface area (Å²) in [5.41, 5.74) is 5.07. The number of carbonyl (C=O) groups excluding carboxylic acids is 3. The third-order valence-electron chi connectivity index (χ3n) is 6.63. The minimum Gasteiger partial charge on any atom is -0.489 e. The normalized spacial score (nSPS) is 14.3. The van der Waals surface area contributed by atoms with E-state index >= 15 is 0 Å². The van der Waals surface area contributed by atoms with E-state index in [2.05, 4.69) is 18.3 Å². The molecule has 1 aliphatic heterocycles. The number of anilines is 1. The molecule has 0 saturated carbocycles. The zero-order valence-electron chi connectivity index (χ0n) is 22.2. The first-order chi connectivity index (χ1) is 19.4. The summed E-state index contributed by atoms with van der Waals surface area (Å²) in [5.74, 6) is -0.398. The van der Waals surface area contributed by atoms with Crippen molar-refractivity contribution < 1.29 is 23.9 Å². The quantitative estimate of drug-likeness (QED) is 0.218. The van der Waals surface area contributed by atoms with Crippen LogP contribution in [0, 0.1) is 13.8 Å². The van der Waals surface area contributed by atoms with Gasteiger partial charge in [-0.1, -0.05) is 66.7 Å². The van der Waals surface area contributed by atoms with E-state index in [9.17, 15) is 14.4 Å². The number of hydrogen-bond donors (Lipinski definition) is 1. The lowest BCUT2D eigenvalue weighted by molar-refractivity contribution is -0.122. The molecule has 0 aliphatic carbocycles. The van der Waals surface area contributed by atoms with E-state index in [1.807, 2.05) is 55.5 Å². The number of amides is 4. The van der Waals surface area contributed by atoms with Gasteiger partial charge in [0.25, 0.3) is 11.8 Å². The molecule has 7 heteroatoms. The summed E-state index contributed by atoms with van der Waals surface area (Å²) in [6.45, 7) is 4.80. The van der Waals surface area contributed by atoms with Gasteiger partial charge in [0.05, 0.1) is 5.69 Å². The summed E-state index contributed by atoms with van der Waals surface area (Å²) in [4.78, 5) is 39.7. The van der Waals surface area contributed by atoms with Crippen molar-refractivity contribution >= 4 is 29.6 Å². The maximum atomic E-state index is 13.4. The van der Waals surface area contributed by atoms with Gasteiger partial charge in [0.1, 0.15) is 30.3 Å². The molecule has 5 rings (SSSR count). The van der Waals surface area contributed by atoms with E-state index in [-0.39, 0.29) is 5.57 Å². The summed E-state index contributed by atoms with van der Waals surface area (Å²) < 4.78 is 11.9. The van der Waals surface area contributed by atoms with Crippen LogP contribution >= 0.6 is 0 Å². The molecule has 4 aromatic carbocycles. The van der Waals surface area contributed by atoms with Gasteiger partial charge < -0.3 is 9.47 Å². The zero-order valence-corrected chi connectivity index (χ0v) is 22.2. The number of nitrogens with one attached hydrogen (secondary N) is 1. The average molecular weight is 533 g/mol. The van der Waals surface area contributed by atoms with Gasteiger partial charge in [-0.05, 0) is 72.5 Å². The Morgan fingerprint density at radius 2 is 1.43 bits per heavy atom. The number of urea groups is 1. The summed E-state index contributed by atoms with van der Waals surface area (Å²) in [6.07, 6.45) is 1.45. The number of imide groups is 2. The Bertz CT molecular complexity index is 1590. The predicted molar refractivity (Wildman–Crippen MR) is 153 cm³/mol. The van der Waals surface area contributed by atoms with E-state index < -0.39 is 17.8 Å². The molecule has 4 amide bonds. The van der Waals surface area contributed by atoms with Gasteiger partial charge in [-0.25, -0.2) is 9.69 Å². The van der Waals surface area contributed by atoms with Gasteiger partial charge >= 0.3 is 6.03 Å². The lowest BCUT2D eigenvalue weighted by Crippen LogP contribution is -2.54. The van der Waals surface area contributed by atoms with Crippen LogP contribution in [0.25, 0.3) is 6.08 Å². The topological polar surface area (TPSA) is 84.9 Å². The molecule has 1 saturated heterocycles. The van der Waals surface area contributed by atoms with Crippen molar-refractivity contribution in [3.63, 3.8) is 0 Å². The van der Waals surface area contributed by atoms with Gasteiger partial charge in [0, 0.05) is 5.56 Å². The summed E-state index contributed by atoms with van der Waals surface area (Å²) in [5, 5.41) is 2.27. The highest BCUT2D eigenvalue weighted by atomic mass is 16.5. The number of benzene rings is 4. The first kappa shape index (κ1) is 26.4. The van der Waals surface area contributed by atoms with Crippen LogP contribution in [0.5, 0.6) is 11.5 Å². The molecule has 200 valence electrons. The van der Waals surface area contributed by atoms with Crippen molar-refractivity contribution in [2.45, 2.75) is 27.1 Å². The van der Waals surface area contributed by atoms with Crippen LogP contribution in [0.15, 0.2) is 103 Å². The van der Waals surface area contributed by atoms with Crippen LogP contribution in [0.4, 0.5) is 10.5 Å². The Morgan fingerprint density at radius 1 is 0.725 bits per heavy atom. The Kier molecular flexibility index (Phi) is 7.73. The zero-order chi connectivity index (χ0) is 28.1. The van der Waals surface area contributed by atoms with Crippen molar-refractivity contribution in [2.24, 2.45) is 0 Å². The lowest BCUT2D eigenvalue weighted by Gasteiger charge is -2.26. The maximum Gasteiger partial charge on any atom is 0.335 e. The molecule has 0 radical (unpaired) electrons. The highest BCUT2D eigenvalue weighted by Gasteiger charge is 2.37. The predicted octanol–water partition coefficient (Wildman–Crippen LogP) is 6.13. The van der Waals surface area contributed by atoms with E-state index in [1.54, 1.807) is 42.5 Å². The molecule has 1 N–H and O–H groups in total. The number of aryl methyl sites for hydroxylation is 2. The highest BCUT2D eigenvalue weighted by Crippen LogP contribution is 2.27. The van der Waals surface area contributed by atoms with Crippen LogP contribution in [0.3, 0.4) is 0 Å². The number of nitrogens with zero attached hydrogens (tertiary/aromatic N) is 1. The standard InChI is InChI=1S/C33H28N2O5/c1-22-12-13-25(18-23(22)2)21-40-30-11-7-6-10-26(30)19-29-31(36)34-33(38)35(32(29)37)27-14-16-28(17-15-27)39-20-24-8-4-3-5-9-24/h3-19H,20-21H2,1-2H3,(H,34,36,38)/b29-19+. The second-order valence-electron chi connectivity index (χ2n) is 9.47. The Balaban J connectivity index is 1.34. The fourth-order valence-corrected chi connectivity index (χ4v) is 4.27. The molecule has 7 nitrogen and oxygen atoms in total. The van der Waals surface area contributed by atoms with Crippen LogP contribution < -0.4 is 19.7 Å². The SMILES string of the molecule is Cc1ccc(COc2ccccc2/C=C2\C(=O)NC(=O)N(c3ccc(OCc4ccccc4)cc3)C2=O)cc1C. The number of rotatable bonds is 8. The Hall–Kier alpha value is -5.17. The van der Waals surface area contributed by atoms with Crippen molar-refractivity contribution in [1.29, 1.82) is 0 Å². The molecule has 0 bridgehead atoms. The van der Waals surface area contributed by atoms with Gasteiger partial charge in [-0.3, -0.25) is 14.9 Å². The number of carbonyl (C=O) groups is 3. The molecule has 1 heterocycles. The molecule has 1 fully saturated rings. The summed E-state index contributed by atoms with van der Waals surface area (Å²) >= 11 is 0. The average Bonchev–Trinajstić information content (AvgIpc) is 2.96. The molecular formula is C33H28N2O5. The summed E-state index contributed by atoms with van der Waals surface area (Å²) in [7, 11) is 0. The molecule has 0 atom stereocenters. The third kappa shape index (κ3) is 5.94. The van der Waals surface area contributed by atoms with Gasteiger partial charge in [-0.15, -0.1) is 0 Å². The first-order valence-electron chi connectivity index (χ1n) is 12.9. The number of para-hydroxylation sites is 1. The maximum absolute atomic E-state index is 13.4. The number of hydrogen-bond acceptors (Lipinski definition) is 5. The molecule has 4 aromatic rings. The van der Waals surface area contributed by atoms with E-state index in [0.29, 0.717) is 36.0 Å². The van der Waals surface area contributed by atoms with Gasteiger partial charge in [0.15, 0.2) is 0 Å². The third-order valence-corrected chi connectivity index (χ3v) is 6.63. The molecule has 1 aliphatic rings. The van der Waals surface area contributed by atoms with Crippen molar-refractivity contribution in [3.8, 4) is 11.5 Å². The minimum atomic E-state index is -0.815. The lowest BCUT2D eigenvalue weighted by atomic mass is 10.1. The van der Waals surface area contributed by atoms with Crippen molar-refractivity contribution in [2.75, 3.05) is 4.90 Å². The summed E-state index contributed by atoms with van der Waals surface area (Å²) in [6, 6.07) is 28.7. The van der Waals surface area contributed by atoms with Crippen LogP contribution in [-0.2, 0) is 22.8 Å². The Labute approximate surface area is 232 Å². The fourth-order valence-electron chi connectivity index (χ4n) is 4.27. The Morgan fingerprint density at radius 3 is 2.17 bits per heavy atom. The molecule has 40 heavy (non-hydrogen) atoms. The van der Waals surface area contributed by atoms with E-state index in [4.69, 9.17) is 9.47 Å². The molecule has 0 spiro atoms. The van der Waals surface area contributed by atoms with Gasteiger partial charge in [-0.2, -0.15) is 0 Å². The van der Waals surface area contributed by atoms with E-state index in [0.717, 1.165) is 16.0 Å². The number of ether oxygens (including phenoxy) is 2. The highest BCUT2D eigenvalue weighted by molar-refractivity contribution is 6.39. The van der Waals surface area contributed by atoms with E-state index in [1.165, 1.54) is 17.2 Å². The van der Waals surface area contributed by atoms with Crippen molar-refractivity contribution in [1.82, 2.24) is 5.32 Å². The molecule has 0 unspecified atom stereocenters. The fraction of sp³-hybridized carbons (Fsp3) is 0.121. The van der Waals surface area contributed by atoms with Crippen LogP contribution in [0.1, 0.15) is 27.8 Å².